The van der Waals surface area contributed by atoms with Gasteiger partial charge in [0.15, 0.2) is 0 Å². The summed E-state index contributed by atoms with van der Waals surface area (Å²) in [6, 6.07) is 5.13. The van der Waals surface area contributed by atoms with Crippen LogP contribution in [0.4, 0.5) is 0 Å². The van der Waals surface area contributed by atoms with E-state index in [4.69, 9.17) is 16.3 Å². The van der Waals surface area contributed by atoms with Gasteiger partial charge in [0.1, 0.15) is 5.75 Å². The zero-order chi connectivity index (χ0) is 13.0. The van der Waals surface area contributed by atoms with Gasteiger partial charge in [-0.15, -0.1) is 0 Å². The van der Waals surface area contributed by atoms with Crippen LogP contribution < -0.4 is 4.74 Å². The van der Waals surface area contributed by atoms with Crippen molar-refractivity contribution in [1.82, 2.24) is 0 Å². The Kier molecular flexibility index (Phi) is 4.82. The number of carboxylic acid groups (broad SMARTS) is 1. The van der Waals surface area contributed by atoms with E-state index >= 15 is 0 Å². The van der Waals surface area contributed by atoms with Gasteiger partial charge in [0.05, 0.1) is 18.1 Å². The Morgan fingerprint density at radius 1 is 1.47 bits per heavy atom. The molecule has 94 valence electrons. The normalized spacial score (nSPS) is 12.5. The Bertz CT molecular complexity index is 402. The molecule has 0 aliphatic rings. The maximum atomic E-state index is 11.2. The zero-order valence-corrected chi connectivity index (χ0v) is 11.0. The first-order valence-corrected chi connectivity index (χ1v) is 5.89. The molecular formula is C13H17ClO3. The smallest absolute Gasteiger partial charge is 0.310 e. The van der Waals surface area contributed by atoms with Gasteiger partial charge in [-0.25, -0.2) is 0 Å². The number of halogens is 1. The van der Waals surface area contributed by atoms with Crippen molar-refractivity contribution >= 4 is 17.6 Å². The van der Waals surface area contributed by atoms with E-state index in [2.05, 4.69) is 0 Å². The average Bonchev–Trinajstić information content (AvgIpc) is 2.25. The van der Waals surface area contributed by atoms with E-state index in [-0.39, 0.29) is 0 Å². The predicted octanol–water partition coefficient (Wildman–Crippen LogP) is 3.56. The second-order valence-corrected chi connectivity index (χ2v) is 4.82. The van der Waals surface area contributed by atoms with Crippen molar-refractivity contribution in [3.63, 3.8) is 0 Å². The average molecular weight is 257 g/mol. The van der Waals surface area contributed by atoms with Gasteiger partial charge in [0, 0.05) is 0 Å². The number of hydrogen-bond acceptors (Lipinski definition) is 2. The summed E-state index contributed by atoms with van der Waals surface area (Å²) in [4.78, 5) is 11.2. The van der Waals surface area contributed by atoms with Crippen LogP contribution in [0.2, 0.25) is 5.02 Å². The van der Waals surface area contributed by atoms with Gasteiger partial charge in [0.25, 0.3) is 0 Å². The third-order valence-corrected chi connectivity index (χ3v) is 2.88. The molecule has 0 aliphatic carbocycles. The van der Waals surface area contributed by atoms with Crippen LogP contribution in [-0.4, -0.2) is 18.2 Å². The summed E-state index contributed by atoms with van der Waals surface area (Å²) in [6.07, 6.45) is 0.595. The Hall–Kier alpha value is -1.22. The molecule has 0 fully saturated rings. The third-order valence-electron chi connectivity index (χ3n) is 2.58. The molecule has 0 bridgehead atoms. The number of methoxy groups -OCH3 is 1. The fourth-order valence-electron chi connectivity index (χ4n) is 1.75. The van der Waals surface area contributed by atoms with Crippen molar-refractivity contribution in [2.24, 2.45) is 5.92 Å². The summed E-state index contributed by atoms with van der Waals surface area (Å²) < 4.78 is 5.04. The van der Waals surface area contributed by atoms with E-state index in [1.165, 1.54) is 7.11 Å². The zero-order valence-electron chi connectivity index (χ0n) is 10.2. The van der Waals surface area contributed by atoms with Crippen molar-refractivity contribution in [1.29, 1.82) is 0 Å². The molecule has 0 amide bonds. The van der Waals surface area contributed by atoms with Gasteiger partial charge in [-0.2, -0.15) is 0 Å². The number of carboxylic acids is 1. The molecule has 0 spiro atoms. The molecule has 1 aromatic carbocycles. The van der Waals surface area contributed by atoms with Crippen LogP contribution in [0.1, 0.15) is 31.7 Å². The molecule has 3 nitrogen and oxygen atoms in total. The standard InChI is InChI=1S/C13H17ClO3/c1-8(2)6-10(13(15)16)9-4-5-12(17-3)11(14)7-9/h4-5,7-8,10H,6H2,1-3H3,(H,15,16). The minimum absolute atomic E-state index is 0.317. The summed E-state index contributed by atoms with van der Waals surface area (Å²) in [6.45, 7) is 4.00. The molecule has 0 saturated carbocycles. The molecule has 1 N–H and O–H groups in total. The lowest BCUT2D eigenvalue weighted by atomic mass is 9.90. The van der Waals surface area contributed by atoms with Crippen LogP contribution >= 0.6 is 11.6 Å². The van der Waals surface area contributed by atoms with E-state index in [0.717, 1.165) is 5.56 Å². The monoisotopic (exact) mass is 256 g/mol. The van der Waals surface area contributed by atoms with Crippen molar-refractivity contribution in [3.8, 4) is 5.75 Å². The summed E-state index contributed by atoms with van der Waals surface area (Å²) in [5.41, 5.74) is 0.719. The molecule has 1 aromatic rings. The topological polar surface area (TPSA) is 46.5 Å². The largest absolute Gasteiger partial charge is 0.495 e. The first-order chi connectivity index (χ1) is 7.95. The van der Waals surface area contributed by atoms with E-state index in [1.807, 2.05) is 13.8 Å². The van der Waals surface area contributed by atoms with Crippen molar-refractivity contribution in [2.45, 2.75) is 26.2 Å². The molecule has 0 aliphatic heterocycles. The molecule has 0 heterocycles. The van der Waals surface area contributed by atoms with Crippen LogP contribution in [0.15, 0.2) is 18.2 Å². The highest BCUT2D eigenvalue weighted by Crippen LogP contribution is 2.31. The highest BCUT2D eigenvalue weighted by Gasteiger charge is 2.21. The molecule has 0 aromatic heterocycles. The highest BCUT2D eigenvalue weighted by molar-refractivity contribution is 6.32. The first-order valence-electron chi connectivity index (χ1n) is 5.52. The molecule has 1 unspecified atom stereocenters. The summed E-state index contributed by atoms with van der Waals surface area (Å²) in [5.74, 6) is -0.459. The predicted molar refractivity (Wildman–Crippen MR) is 67.8 cm³/mol. The van der Waals surface area contributed by atoms with Gasteiger partial charge < -0.3 is 9.84 Å². The van der Waals surface area contributed by atoms with Crippen LogP contribution in [-0.2, 0) is 4.79 Å². The lowest BCUT2D eigenvalue weighted by molar-refractivity contribution is -0.139. The number of rotatable bonds is 5. The van der Waals surface area contributed by atoms with E-state index < -0.39 is 11.9 Å². The van der Waals surface area contributed by atoms with Crippen molar-refractivity contribution in [2.75, 3.05) is 7.11 Å². The van der Waals surface area contributed by atoms with Crippen LogP contribution in [0, 0.1) is 5.92 Å². The molecule has 0 radical (unpaired) electrons. The van der Waals surface area contributed by atoms with Gasteiger partial charge in [-0.3, -0.25) is 4.79 Å². The fraction of sp³-hybridized carbons (Fsp3) is 0.462. The maximum Gasteiger partial charge on any atom is 0.310 e. The van der Waals surface area contributed by atoms with Gasteiger partial charge in [-0.05, 0) is 30.0 Å². The van der Waals surface area contributed by atoms with Gasteiger partial charge >= 0.3 is 5.97 Å². The Morgan fingerprint density at radius 3 is 2.53 bits per heavy atom. The molecule has 17 heavy (non-hydrogen) atoms. The Morgan fingerprint density at radius 2 is 2.12 bits per heavy atom. The Balaban J connectivity index is 3.02. The van der Waals surface area contributed by atoms with Crippen molar-refractivity contribution in [3.05, 3.63) is 28.8 Å². The molecule has 4 heteroatoms. The van der Waals surface area contributed by atoms with Gasteiger partial charge in [0.2, 0.25) is 0 Å². The number of aliphatic carboxylic acids is 1. The second-order valence-electron chi connectivity index (χ2n) is 4.41. The highest BCUT2D eigenvalue weighted by atomic mass is 35.5. The summed E-state index contributed by atoms with van der Waals surface area (Å²) in [5, 5.41) is 9.66. The number of hydrogen-bond donors (Lipinski definition) is 1. The van der Waals surface area contributed by atoms with Crippen LogP contribution in [0.3, 0.4) is 0 Å². The van der Waals surface area contributed by atoms with E-state index in [1.54, 1.807) is 18.2 Å². The fourth-order valence-corrected chi connectivity index (χ4v) is 2.02. The molecule has 1 rings (SSSR count). The SMILES string of the molecule is COc1ccc(C(CC(C)C)C(=O)O)cc1Cl. The lowest BCUT2D eigenvalue weighted by Crippen LogP contribution is -2.14. The number of ether oxygens (including phenoxy) is 1. The molecule has 1 atom stereocenters. The summed E-state index contributed by atoms with van der Waals surface area (Å²) >= 11 is 6.00. The van der Waals surface area contributed by atoms with E-state index in [0.29, 0.717) is 23.1 Å². The lowest BCUT2D eigenvalue weighted by Gasteiger charge is -2.16. The number of benzene rings is 1. The van der Waals surface area contributed by atoms with Crippen LogP contribution in [0.5, 0.6) is 5.75 Å². The quantitative estimate of drug-likeness (QED) is 0.876. The van der Waals surface area contributed by atoms with Gasteiger partial charge in [-0.1, -0.05) is 31.5 Å². The van der Waals surface area contributed by atoms with Crippen LogP contribution in [0.25, 0.3) is 0 Å². The minimum Gasteiger partial charge on any atom is -0.495 e. The third kappa shape index (κ3) is 3.63. The molecule has 0 saturated heterocycles. The minimum atomic E-state index is -0.820. The maximum absolute atomic E-state index is 11.2. The first kappa shape index (κ1) is 13.8. The second kappa shape index (κ2) is 5.92. The summed E-state index contributed by atoms with van der Waals surface area (Å²) in [7, 11) is 1.53. The van der Waals surface area contributed by atoms with E-state index in [9.17, 15) is 9.90 Å². The number of carbonyl (C=O) groups is 1. The van der Waals surface area contributed by atoms with Crippen molar-refractivity contribution < 1.29 is 14.6 Å². The molecular weight excluding hydrogens is 240 g/mol. The Labute approximate surface area is 106 Å².